The second-order valence-electron chi connectivity index (χ2n) is 6.25. The lowest BCUT2D eigenvalue weighted by atomic mass is 10.1. The Morgan fingerprint density at radius 3 is 2.70 bits per heavy atom. The van der Waals surface area contributed by atoms with Gasteiger partial charge in [-0.05, 0) is 50.6 Å². The van der Waals surface area contributed by atoms with Gasteiger partial charge in [0.25, 0.3) is 5.91 Å². The van der Waals surface area contributed by atoms with Crippen LogP contribution in [0.1, 0.15) is 43.0 Å². The Balaban J connectivity index is 1.81. The van der Waals surface area contributed by atoms with E-state index in [2.05, 4.69) is 4.90 Å². The van der Waals surface area contributed by atoms with Crippen molar-refractivity contribution in [2.45, 2.75) is 38.7 Å². The van der Waals surface area contributed by atoms with Gasteiger partial charge in [-0.25, -0.2) is 0 Å². The van der Waals surface area contributed by atoms with E-state index in [1.807, 2.05) is 6.92 Å². The van der Waals surface area contributed by atoms with Crippen molar-refractivity contribution in [3.63, 3.8) is 0 Å². The number of piperidine rings is 1. The highest BCUT2D eigenvalue weighted by molar-refractivity contribution is 6.00. The van der Waals surface area contributed by atoms with Crippen LogP contribution in [0.25, 0.3) is 0 Å². The summed E-state index contributed by atoms with van der Waals surface area (Å²) >= 11 is 0. The molecule has 23 heavy (non-hydrogen) atoms. The van der Waals surface area contributed by atoms with Crippen LogP contribution in [0.5, 0.6) is 5.75 Å². The smallest absolute Gasteiger partial charge is 0.268 e. The highest BCUT2D eigenvalue weighted by Crippen LogP contribution is 2.35. The lowest BCUT2D eigenvalue weighted by Gasteiger charge is -2.36. The number of carbonyl (C=O) groups is 2. The third-order valence-corrected chi connectivity index (χ3v) is 4.68. The van der Waals surface area contributed by atoms with Gasteiger partial charge in [-0.15, -0.1) is 0 Å². The summed E-state index contributed by atoms with van der Waals surface area (Å²) in [5.74, 6) is 0.695. The summed E-state index contributed by atoms with van der Waals surface area (Å²) in [6, 6.07) is 5.28. The van der Waals surface area contributed by atoms with Gasteiger partial charge in [-0.2, -0.15) is 0 Å². The summed E-state index contributed by atoms with van der Waals surface area (Å²) < 4.78 is 5.79. The molecule has 1 atom stereocenters. The molecule has 1 amide bonds. The topological polar surface area (TPSA) is 49.9 Å². The highest BCUT2D eigenvalue weighted by atomic mass is 16.5. The van der Waals surface area contributed by atoms with Gasteiger partial charge in [0.05, 0.1) is 5.69 Å². The minimum atomic E-state index is -0.425. The Hall–Kier alpha value is -1.88. The summed E-state index contributed by atoms with van der Waals surface area (Å²) in [5.41, 5.74) is 1.29. The molecular weight excluding hydrogens is 292 g/mol. The van der Waals surface area contributed by atoms with E-state index in [-0.39, 0.29) is 5.91 Å². The zero-order valence-corrected chi connectivity index (χ0v) is 13.7. The molecule has 1 unspecified atom stereocenters. The Labute approximate surface area is 137 Å². The van der Waals surface area contributed by atoms with Crippen LogP contribution < -0.4 is 9.64 Å². The van der Waals surface area contributed by atoms with E-state index < -0.39 is 6.10 Å². The second kappa shape index (κ2) is 7.13. The molecule has 0 radical (unpaired) electrons. The summed E-state index contributed by atoms with van der Waals surface area (Å²) in [5, 5.41) is 0. The highest BCUT2D eigenvalue weighted by Gasteiger charge is 2.33. The van der Waals surface area contributed by atoms with Crippen molar-refractivity contribution in [1.82, 2.24) is 4.90 Å². The van der Waals surface area contributed by atoms with Gasteiger partial charge in [-0.3, -0.25) is 9.59 Å². The molecule has 1 saturated heterocycles. The fourth-order valence-electron chi connectivity index (χ4n) is 3.33. The monoisotopic (exact) mass is 316 g/mol. The molecule has 0 saturated carbocycles. The maximum Gasteiger partial charge on any atom is 0.268 e. The predicted octanol–water partition coefficient (Wildman–Crippen LogP) is 2.49. The van der Waals surface area contributed by atoms with Gasteiger partial charge >= 0.3 is 0 Å². The summed E-state index contributed by atoms with van der Waals surface area (Å²) in [6.07, 6.45) is 4.80. The number of anilines is 1. The Morgan fingerprint density at radius 1 is 1.22 bits per heavy atom. The molecular formula is C18H24N2O3. The third kappa shape index (κ3) is 3.39. The van der Waals surface area contributed by atoms with E-state index >= 15 is 0 Å². The van der Waals surface area contributed by atoms with Crippen molar-refractivity contribution in [3.05, 3.63) is 23.8 Å². The van der Waals surface area contributed by atoms with Gasteiger partial charge < -0.3 is 14.5 Å². The molecule has 5 heteroatoms. The largest absolute Gasteiger partial charge is 0.478 e. The molecule has 0 bridgehead atoms. The first-order valence-electron chi connectivity index (χ1n) is 8.52. The molecule has 0 aromatic heterocycles. The van der Waals surface area contributed by atoms with E-state index in [0.29, 0.717) is 24.3 Å². The standard InChI is InChI=1S/C18H24N2O3/c1-2-16-18(22)20(11-10-19-8-4-3-5-9-19)15-12-14(13-21)6-7-17(15)23-16/h6-7,12-13,16H,2-5,8-11H2,1H3. The van der Waals surface area contributed by atoms with Crippen LogP contribution in [0, 0.1) is 0 Å². The molecule has 2 heterocycles. The normalized spacial score (nSPS) is 21.7. The number of hydrogen-bond acceptors (Lipinski definition) is 4. The molecule has 0 N–H and O–H groups in total. The number of nitrogens with zero attached hydrogens (tertiary/aromatic N) is 2. The van der Waals surface area contributed by atoms with Crippen LogP contribution in [-0.2, 0) is 4.79 Å². The fourth-order valence-corrected chi connectivity index (χ4v) is 3.33. The maximum atomic E-state index is 12.7. The predicted molar refractivity (Wildman–Crippen MR) is 89.2 cm³/mol. The molecule has 1 fully saturated rings. The average Bonchev–Trinajstić information content (AvgIpc) is 2.61. The molecule has 2 aliphatic rings. The first-order valence-corrected chi connectivity index (χ1v) is 8.52. The average molecular weight is 316 g/mol. The van der Waals surface area contributed by atoms with E-state index in [9.17, 15) is 9.59 Å². The van der Waals surface area contributed by atoms with Crippen LogP contribution >= 0.6 is 0 Å². The quantitative estimate of drug-likeness (QED) is 0.783. The number of rotatable bonds is 5. The summed E-state index contributed by atoms with van der Waals surface area (Å²) in [4.78, 5) is 28.0. The number of hydrogen-bond donors (Lipinski definition) is 0. The van der Waals surface area contributed by atoms with E-state index in [1.165, 1.54) is 19.3 Å². The molecule has 2 aliphatic heterocycles. The summed E-state index contributed by atoms with van der Waals surface area (Å²) in [7, 11) is 0. The van der Waals surface area contributed by atoms with Crippen molar-refractivity contribution < 1.29 is 14.3 Å². The molecule has 3 rings (SSSR count). The minimum absolute atomic E-state index is 0.0000541. The Kier molecular flexibility index (Phi) is 4.96. The number of ether oxygens (including phenoxy) is 1. The number of carbonyl (C=O) groups excluding carboxylic acids is 2. The molecule has 5 nitrogen and oxygen atoms in total. The van der Waals surface area contributed by atoms with E-state index in [1.54, 1.807) is 23.1 Å². The number of fused-ring (bicyclic) bond motifs is 1. The van der Waals surface area contributed by atoms with Gasteiger partial charge in [0.15, 0.2) is 6.10 Å². The molecule has 0 spiro atoms. The number of benzene rings is 1. The minimum Gasteiger partial charge on any atom is -0.478 e. The SMILES string of the molecule is CCC1Oc2ccc(C=O)cc2N(CCN2CCCCC2)C1=O. The first-order chi connectivity index (χ1) is 11.2. The number of amides is 1. The molecule has 1 aromatic carbocycles. The zero-order valence-electron chi connectivity index (χ0n) is 13.7. The summed E-state index contributed by atoms with van der Waals surface area (Å²) in [6.45, 7) is 5.69. The Bertz CT molecular complexity index is 582. The lowest BCUT2D eigenvalue weighted by molar-refractivity contribution is -0.126. The third-order valence-electron chi connectivity index (χ3n) is 4.68. The van der Waals surface area contributed by atoms with E-state index in [4.69, 9.17) is 4.74 Å². The van der Waals surface area contributed by atoms with Crippen LogP contribution in [-0.4, -0.2) is 49.4 Å². The molecule has 124 valence electrons. The van der Waals surface area contributed by atoms with Crippen LogP contribution in [0.2, 0.25) is 0 Å². The van der Waals surface area contributed by atoms with Crippen LogP contribution in [0.15, 0.2) is 18.2 Å². The number of aldehydes is 1. The van der Waals surface area contributed by atoms with E-state index in [0.717, 1.165) is 31.6 Å². The van der Waals surface area contributed by atoms with Gasteiger partial charge in [0.2, 0.25) is 0 Å². The molecule has 0 aliphatic carbocycles. The van der Waals surface area contributed by atoms with Gasteiger partial charge in [-0.1, -0.05) is 13.3 Å². The van der Waals surface area contributed by atoms with Crippen molar-refractivity contribution in [1.29, 1.82) is 0 Å². The second-order valence-corrected chi connectivity index (χ2v) is 6.25. The van der Waals surface area contributed by atoms with Crippen LogP contribution in [0.3, 0.4) is 0 Å². The number of likely N-dealkylation sites (tertiary alicyclic amines) is 1. The van der Waals surface area contributed by atoms with Crippen molar-refractivity contribution in [2.75, 3.05) is 31.1 Å². The van der Waals surface area contributed by atoms with Crippen molar-refractivity contribution >= 4 is 17.9 Å². The fraction of sp³-hybridized carbons (Fsp3) is 0.556. The zero-order chi connectivity index (χ0) is 16.2. The van der Waals surface area contributed by atoms with Gasteiger partial charge in [0, 0.05) is 18.7 Å². The van der Waals surface area contributed by atoms with Crippen LogP contribution in [0.4, 0.5) is 5.69 Å². The van der Waals surface area contributed by atoms with Crippen molar-refractivity contribution in [2.24, 2.45) is 0 Å². The van der Waals surface area contributed by atoms with Crippen molar-refractivity contribution in [3.8, 4) is 5.75 Å². The molecule has 1 aromatic rings. The van der Waals surface area contributed by atoms with Gasteiger partial charge in [0.1, 0.15) is 12.0 Å². The maximum absolute atomic E-state index is 12.7. The Morgan fingerprint density at radius 2 is 2.00 bits per heavy atom. The first kappa shape index (κ1) is 16.0. The lowest BCUT2D eigenvalue weighted by Crippen LogP contribution is -2.48.